The van der Waals surface area contributed by atoms with E-state index in [2.05, 4.69) is 18.3 Å². The molecule has 0 bridgehead atoms. The van der Waals surface area contributed by atoms with Crippen LogP contribution in [-0.2, 0) is 10.0 Å². The molecule has 0 saturated carbocycles. The van der Waals surface area contributed by atoms with Crippen LogP contribution < -0.4 is 10.5 Å². The number of nitrogens with one attached hydrogen (secondary N) is 1. The van der Waals surface area contributed by atoms with Crippen LogP contribution in [0.2, 0.25) is 0 Å². The molecule has 0 fully saturated rings. The summed E-state index contributed by atoms with van der Waals surface area (Å²) in [7, 11) is -3.67. The minimum atomic E-state index is -3.67. The van der Waals surface area contributed by atoms with Crippen LogP contribution in [0.5, 0.6) is 0 Å². The molecule has 112 valence electrons. The second-order valence-electron chi connectivity index (χ2n) is 5.30. The highest BCUT2D eigenvalue weighted by Crippen LogP contribution is 2.24. The van der Waals surface area contributed by atoms with Crippen LogP contribution >= 0.6 is 0 Å². The number of aryl methyl sites for hydroxylation is 2. The van der Waals surface area contributed by atoms with Crippen molar-refractivity contribution in [2.24, 2.45) is 5.14 Å². The van der Waals surface area contributed by atoms with E-state index in [1.54, 1.807) is 12.1 Å². The highest BCUT2D eigenvalue weighted by molar-refractivity contribution is 7.89. The molecule has 0 aliphatic carbocycles. The Hall–Kier alpha value is -1.85. The van der Waals surface area contributed by atoms with E-state index in [9.17, 15) is 8.42 Å². The zero-order valence-electron chi connectivity index (χ0n) is 12.4. The molecule has 1 atom stereocenters. The number of benzene rings is 2. The van der Waals surface area contributed by atoms with Crippen molar-refractivity contribution in [2.45, 2.75) is 31.7 Å². The highest BCUT2D eigenvalue weighted by atomic mass is 32.2. The predicted molar refractivity (Wildman–Crippen MR) is 85.8 cm³/mol. The van der Waals surface area contributed by atoms with Gasteiger partial charge in [0.25, 0.3) is 0 Å². The fraction of sp³-hybridized carbons (Fsp3) is 0.250. The number of primary sulfonamides is 1. The van der Waals surface area contributed by atoms with Gasteiger partial charge in [-0.05, 0) is 50.1 Å². The molecule has 2 rings (SSSR count). The molecular formula is C16H20N2O2S. The lowest BCUT2D eigenvalue weighted by Crippen LogP contribution is -2.14. The van der Waals surface area contributed by atoms with Crippen molar-refractivity contribution in [3.05, 3.63) is 59.2 Å². The first kappa shape index (κ1) is 15.5. The molecule has 21 heavy (non-hydrogen) atoms. The van der Waals surface area contributed by atoms with Gasteiger partial charge in [0.1, 0.15) is 0 Å². The van der Waals surface area contributed by atoms with E-state index < -0.39 is 10.0 Å². The summed E-state index contributed by atoms with van der Waals surface area (Å²) in [4.78, 5) is 0.134. The standard InChI is InChI=1S/C16H20N2O2S/c1-11-7-8-16(12(2)9-11)18-13(3)14-5-4-6-15(10-14)21(17,19)20/h4-10,13,18H,1-3H3,(H2,17,19,20). The number of anilines is 1. The third-order valence-electron chi connectivity index (χ3n) is 3.44. The van der Waals surface area contributed by atoms with Crippen LogP contribution in [-0.4, -0.2) is 8.42 Å². The van der Waals surface area contributed by atoms with Crippen molar-refractivity contribution in [1.82, 2.24) is 0 Å². The molecular weight excluding hydrogens is 284 g/mol. The van der Waals surface area contributed by atoms with Gasteiger partial charge in [-0.25, -0.2) is 13.6 Å². The van der Waals surface area contributed by atoms with Gasteiger partial charge in [-0.1, -0.05) is 29.8 Å². The smallest absolute Gasteiger partial charge is 0.238 e. The lowest BCUT2D eigenvalue weighted by molar-refractivity contribution is 0.597. The van der Waals surface area contributed by atoms with Gasteiger partial charge in [-0.15, -0.1) is 0 Å². The van der Waals surface area contributed by atoms with Crippen LogP contribution in [0.1, 0.15) is 29.7 Å². The summed E-state index contributed by atoms with van der Waals surface area (Å²) in [6.07, 6.45) is 0. The maximum Gasteiger partial charge on any atom is 0.238 e. The molecule has 0 aliphatic rings. The Morgan fingerprint density at radius 3 is 2.43 bits per heavy atom. The first-order chi connectivity index (χ1) is 9.77. The summed E-state index contributed by atoms with van der Waals surface area (Å²) >= 11 is 0. The van der Waals surface area contributed by atoms with Gasteiger partial charge in [0.15, 0.2) is 0 Å². The van der Waals surface area contributed by atoms with Gasteiger partial charge in [-0.3, -0.25) is 0 Å². The Morgan fingerprint density at radius 1 is 1.10 bits per heavy atom. The molecule has 4 nitrogen and oxygen atoms in total. The Labute approximate surface area is 126 Å². The number of hydrogen-bond acceptors (Lipinski definition) is 3. The van der Waals surface area contributed by atoms with Crippen molar-refractivity contribution < 1.29 is 8.42 Å². The summed E-state index contributed by atoms with van der Waals surface area (Å²) in [5.41, 5.74) is 4.28. The summed E-state index contributed by atoms with van der Waals surface area (Å²) in [6.45, 7) is 6.08. The van der Waals surface area contributed by atoms with Gasteiger partial charge in [-0.2, -0.15) is 0 Å². The first-order valence-electron chi connectivity index (χ1n) is 6.74. The number of nitrogens with two attached hydrogens (primary N) is 1. The highest BCUT2D eigenvalue weighted by Gasteiger charge is 2.12. The second-order valence-corrected chi connectivity index (χ2v) is 6.86. The predicted octanol–water partition coefficient (Wildman–Crippen LogP) is 3.12. The maximum absolute atomic E-state index is 11.4. The average Bonchev–Trinajstić information content (AvgIpc) is 2.41. The molecule has 0 saturated heterocycles. The monoisotopic (exact) mass is 304 g/mol. The van der Waals surface area contributed by atoms with Gasteiger partial charge >= 0.3 is 0 Å². The molecule has 0 radical (unpaired) electrons. The molecule has 0 amide bonds. The van der Waals surface area contributed by atoms with E-state index in [-0.39, 0.29) is 10.9 Å². The van der Waals surface area contributed by atoms with E-state index in [0.29, 0.717) is 0 Å². The first-order valence-corrected chi connectivity index (χ1v) is 8.28. The van der Waals surface area contributed by atoms with Gasteiger partial charge in [0.05, 0.1) is 4.90 Å². The maximum atomic E-state index is 11.4. The molecule has 1 unspecified atom stereocenters. The lowest BCUT2D eigenvalue weighted by atomic mass is 10.1. The molecule has 2 aromatic carbocycles. The minimum Gasteiger partial charge on any atom is -0.378 e. The van der Waals surface area contributed by atoms with Crippen LogP contribution in [0, 0.1) is 13.8 Å². The zero-order chi connectivity index (χ0) is 15.6. The third-order valence-corrected chi connectivity index (χ3v) is 4.35. The number of sulfonamides is 1. The Morgan fingerprint density at radius 2 is 1.81 bits per heavy atom. The molecule has 2 aromatic rings. The summed E-state index contributed by atoms with van der Waals surface area (Å²) in [5, 5.41) is 8.57. The molecule has 5 heteroatoms. The largest absolute Gasteiger partial charge is 0.378 e. The van der Waals surface area contributed by atoms with Crippen LogP contribution in [0.3, 0.4) is 0 Å². The van der Waals surface area contributed by atoms with Crippen LogP contribution in [0.25, 0.3) is 0 Å². The normalized spacial score (nSPS) is 13.0. The van der Waals surface area contributed by atoms with Crippen molar-refractivity contribution in [3.8, 4) is 0 Å². The Bertz CT molecular complexity index is 755. The average molecular weight is 304 g/mol. The van der Waals surface area contributed by atoms with E-state index in [0.717, 1.165) is 16.8 Å². The molecule has 0 heterocycles. The summed E-state index contributed by atoms with van der Waals surface area (Å²) in [5.74, 6) is 0. The van der Waals surface area contributed by atoms with Crippen LogP contribution in [0.4, 0.5) is 5.69 Å². The van der Waals surface area contributed by atoms with Crippen molar-refractivity contribution >= 4 is 15.7 Å². The molecule has 3 N–H and O–H groups in total. The minimum absolute atomic E-state index is 0.0203. The topological polar surface area (TPSA) is 72.2 Å². The molecule has 0 aromatic heterocycles. The lowest BCUT2D eigenvalue weighted by Gasteiger charge is -2.18. The van der Waals surface area contributed by atoms with Gasteiger partial charge < -0.3 is 5.32 Å². The Kier molecular flexibility index (Phi) is 4.34. The van der Waals surface area contributed by atoms with E-state index >= 15 is 0 Å². The second kappa shape index (κ2) is 5.87. The number of rotatable bonds is 4. The van der Waals surface area contributed by atoms with E-state index in [1.807, 2.05) is 32.0 Å². The fourth-order valence-electron chi connectivity index (χ4n) is 2.25. The SMILES string of the molecule is Cc1ccc(NC(C)c2cccc(S(N)(=O)=O)c2)c(C)c1. The number of hydrogen-bond donors (Lipinski definition) is 2. The van der Waals surface area contributed by atoms with Crippen molar-refractivity contribution in [1.29, 1.82) is 0 Å². The quantitative estimate of drug-likeness (QED) is 0.911. The van der Waals surface area contributed by atoms with Gasteiger partial charge in [0, 0.05) is 11.7 Å². The molecule has 0 spiro atoms. The zero-order valence-corrected chi connectivity index (χ0v) is 13.2. The van der Waals surface area contributed by atoms with E-state index in [1.165, 1.54) is 11.6 Å². The summed E-state index contributed by atoms with van der Waals surface area (Å²) < 4.78 is 22.8. The van der Waals surface area contributed by atoms with Gasteiger partial charge in [0.2, 0.25) is 10.0 Å². The van der Waals surface area contributed by atoms with E-state index in [4.69, 9.17) is 5.14 Å². The fourth-order valence-corrected chi connectivity index (χ4v) is 2.82. The Balaban J connectivity index is 2.26. The summed E-state index contributed by atoms with van der Waals surface area (Å²) in [6, 6.07) is 12.9. The molecule has 0 aliphatic heterocycles. The van der Waals surface area contributed by atoms with Crippen LogP contribution in [0.15, 0.2) is 47.4 Å². The van der Waals surface area contributed by atoms with Crippen molar-refractivity contribution in [2.75, 3.05) is 5.32 Å². The van der Waals surface area contributed by atoms with Crippen molar-refractivity contribution in [3.63, 3.8) is 0 Å². The third kappa shape index (κ3) is 3.83.